The molecule has 0 saturated heterocycles. The summed E-state index contributed by atoms with van der Waals surface area (Å²) in [5.74, 6) is 0.134. The Labute approximate surface area is 109 Å². The molecule has 0 aromatic heterocycles. The third-order valence-electron chi connectivity index (χ3n) is 3.29. The maximum atomic E-state index is 11.0. The predicted octanol–water partition coefficient (Wildman–Crippen LogP) is 1.70. The number of amidine groups is 1. The van der Waals surface area contributed by atoms with Crippen LogP contribution in [0.15, 0.2) is 17.4 Å². The average molecular weight is 254 g/mol. The van der Waals surface area contributed by atoms with Crippen LogP contribution in [0.1, 0.15) is 39.0 Å². The largest absolute Gasteiger partial charge is 0.477 e. The number of quaternary nitrogens is 1. The molecule has 0 aliphatic carbocycles. The van der Waals surface area contributed by atoms with Gasteiger partial charge in [0.2, 0.25) is 5.84 Å². The van der Waals surface area contributed by atoms with Gasteiger partial charge in [0.25, 0.3) is 0 Å². The van der Waals surface area contributed by atoms with Crippen LogP contribution in [0.2, 0.25) is 0 Å². The molecule has 102 valence electrons. The van der Waals surface area contributed by atoms with Gasteiger partial charge >= 0.3 is 5.97 Å². The van der Waals surface area contributed by atoms with Crippen LogP contribution in [0.25, 0.3) is 0 Å². The summed E-state index contributed by atoms with van der Waals surface area (Å²) >= 11 is 0. The Morgan fingerprint density at radius 1 is 1.44 bits per heavy atom. The Bertz CT molecular complexity index is 339. The molecule has 3 N–H and O–H groups in total. The molecule has 18 heavy (non-hydrogen) atoms. The molecule has 1 rings (SSSR count). The number of aliphatic imine (C=N–C) groups is 1. The lowest BCUT2D eigenvalue weighted by Crippen LogP contribution is -2.52. The highest BCUT2D eigenvalue weighted by atomic mass is 16.4. The quantitative estimate of drug-likeness (QED) is 0.486. The van der Waals surface area contributed by atoms with Crippen LogP contribution in [0.3, 0.4) is 0 Å². The van der Waals surface area contributed by atoms with E-state index >= 15 is 0 Å². The summed E-state index contributed by atoms with van der Waals surface area (Å²) < 4.78 is 0.304. The lowest BCUT2D eigenvalue weighted by Gasteiger charge is -2.30. The minimum absolute atomic E-state index is 0.0420. The fourth-order valence-corrected chi connectivity index (χ4v) is 2.34. The molecular weight excluding hydrogens is 230 g/mol. The molecule has 0 fully saturated rings. The van der Waals surface area contributed by atoms with Gasteiger partial charge in [-0.25, -0.2) is 14.3 Å². The number of rotatable bonds is 9. The minimum Gasteiger partial charge on any atom is -0.477 e. The summed E-state index contributed by atoms with van der Waals surface area (Å²) in [5, 5.41) is 9.05. The van der Waals surface area contributed by atoms with Gasteiger partial charge in [0, 0.05) is 13.0 Å². The van der Waals surface area contributed by atoms with Gasteiger partial charge in [-0.1, -0.05) is 26.2 Å². The second-order valence-electron chi connectivity index (χ2n) is 4.75. The first-order valence-electron chi connectivity index (χ1n) is 6.68. The smallest absolute Gasteiger partial charge is 0.360 e. The molecule has 0 saturated carbocycles. The molecule has 1 aliphatic rings. The lowest BCUT2D eigenvalue weighted by atomic mass is 10.1. The average Bonchev–Trinajstić information content (AvgIpc) is 2.67. The number of carboxylic acid groups (broad SMARTS) is 1. The van der Waals surface area contributed by atoms with Crippen molar-refractivity contribution in [2.45, 2.75) is 39.0 Å². The normalized spacial score (nSPS) is 22.2. The first-order chi connectivity index (χ1) is 8.64. The van der Waals surface area contributed by atoms with E-state index in [2.05, 4.69) is 11.9 Å². The van der Waals surface area contributed by atoms with Crippen molar-refractivity contribution in [3.8, 4) is 0 Å². The number of hydrogen-bond acceptors (Lipinski definition) is 3. The van der Waals surface area contributed by atoms with Crippen LogP contribution in [-0.4, -0.2) is 41.0 Å². The fraction of sp³-hybridized carbons (Fsp3) is 0.692. The molecule has 0 bridgehead atoms. The number of unbranched alkanes of at least 4 members (excludes halogenated alkanes) is 3. The zero-order valence-corrected chi connectivity index (χ0v) is 11.1. The molecule has 1 heterocycles. The second-order valence-corrected chi connectivity index (χ2v) is 4.75. The summed E-state index contributed by atoms with van der Waals surface area (Å²) in [7, 11) is 0. The first kappa shape index (κ1) is 14.9. The molecule has 0 spiro atoms. The standard InChI is InChI=1S/C13H23N3O2/c1-2-3-4-5-6-12-15-8-10-16(12,9-7-14)11-13(17)18/h8,10H,2-7,9,11,14H2,1H3/p+1. The van der Waals surface area contributed by atoms with Gasteiger partial charge in [0.05, 0.1) is 6.20 Å². The fourth-order valence-electron chi connectivity index (χ4n) is 2.34. The van der Waals surface area contributed by atoms with E-state index in [0.29, 0.717) is 17.6 Å². The SMILES string of the molecule is CCCCCCC1=NC=C[N+]1(CCN)CC(=O)O. The van der Waals surface area contributed by atoms with Gasteiger partial charge < -0.3 is 10.8 Å². The van der Waals surface area contributed by atoms with Crippen LogP contribution in [0.5, 0.6) is 0 Å². The maximum absolute atomic E-state index is 11.0. The molecule has 0 amide bonds. The zero-order chi connectivity index (χ0) is 13.4. The topological polar surface area (TPSA) is 75.7 Å². The van der Waals surface area contributed by atoms with Gasteiger partial charge in [-0.2, -0.15) is 0 Å². The molecule has 5 nitrogen and oxygen atoms in total. The molecule has 0 aromatic rings. The van der Waals surface area contributed by atoms with Crippen molar-refractivity contribution in [3.05, 3.63) is 12.4 Å². The Morgan fingerprint density at radius 3 is 2.83 bits per heavy atom. The summed E-state index contributed by atoms with van der Waals surface area (Å²) in [6, 6.07) is 0. The van der Waals surface area contributed by atoms with E-state index in [4.69, 9.17) is 10.8 Å². The van der Waals surface area contributed by atoms with E-state index in [-0.39, 0.29) is 6.54 Å². The van der Waals surface area contributed by atoms with E-state index in [0.717, 1.165) is 18.7 Å². The number of nitrogens with two attached hydrogens (primary N) is 1. The van der Waals surface area contributed by atoms with Crippen LogP contribution in [0, 0.1) is 0 Å². The van der Waals surface area contributed by atoms with Crippen molar-refractivity contribution in [1.29, 1.82) is 0 Å². The zero-order valence-electron chi connectivity index (χ0n) is 11.1. The first-order valence-corrected chi connectivity index (χ1v) is 6.68. The molecule has 5 heteroatoms. The van der Waals surface area contributed by atoms with Gasteiger partial charge in [-0.3, -0.25) is 0 Å². The van der Waals surface area contributed by atoms with Gasteiger partial charge in [0.15, 0.2) is 6.54 Å². The third-order valence-corrected chi connectivity index (χ3v) is 3.29. The van der Waals surface area contributed by atoms with E-state index in [1.807, 2.05) is 6.20 Å². The van der Waals surface area contributed by atoms with Gasteiger partial charge in [-0.05, 0) is 6.42 Å². The molecule has 1 atom stereocenters. The van der Waals surface area contributed by atoms with E-state index in [1.165, 1.54) is 19.3 Å². The second kappa shape index (κ2) is 7.28. The lowest BCUT2D eigenvalue weighted by molar-refractivity contribution is -0.778. The monoisotopic (exact) mass is 254 g/mol. The molecule has 0 radical (unpaired) electrons. The number of carbonyl (C=O) groups is 1. The van der Waals surface area contributed by atoms with E-state index in [9.17, 15) is 4.79 Å². The third kappa shape index (κ3) is 3.92. The van der Waals surface area contributed by atoms with Crippen molar-refractivity contribution in [2.75, 3.05) is 19.6 Å². The van der Waals surface area contributed by atoms with Crippen molar-refractivity contribution in [1.82, 2.24) is 0 Å². The van der Waals surface area contributed by atoms with Gasteiger partial charge in [-0.15, -0.1) is 0 Å². The minimum atomic E-state index is -0.809. The molecule has 1 unspecified atom stereocenters. The molecular formula is C13H24N3O2+. The highest BCUT2D eigenvalue weighted by Crippen LogP contribution is 2.20. The Kier molecular flexibility index (Phi) is 6.01. The predicted molar refractivity (Wildman–Crippen MR) is 72.0 cm³/mol. The van der Waals surface area contributed by atoms with Gasteiger partial charge in [0.1, 0.15) is 12.7 Å². The van der Waals surface area contributed by atoms with Crippen LogP contribution >= 0.6 is 0 Å². The number of aliphatic carboxylic acids is 1. The van der Waals surface area contributed by atoms with Crippen LogP contribution < -0.4 is 5.73 Å². The Morgan fingerprint density at radius 2 is 2.22 bits per heavy atom. The summed E-state index contributed by atoms with van der Waals surface area (Å²) in [6.07, 6.45) is 9.09. The molecule has 0 aromatic carbocycles. The summed E-state index contributed by atoms with van der Waals surface area (Å²) in [6.45, 7) is 3.29. The van der Waals surface area contributed by atoms with Crippen molar-refractivity contribution >= 4 is 11.8 Å². The Hall–Kier alpha value is -1.20. The highest BCUT2D eigenvalue weighted by Gasteiger charge is 2.36. The van der Waals surface area contributed by atoms with E-state index < -0.39 is 5.97 Å². The Balaban J connectivity index is 2.61. The van der Waals surface area contributed by atoms with E-state index in [1.54, 1.807) is 6.20 Å². The van der Waals surface area contributed by atoms with Crippen LogP contribution in [-0.2, 0) is 4.79 Å². The number of carboxylic acids is 1. The van der Waals surface area contributed by atoms with Crippen LogP contribution in [0.4, 0.5) is 0 Å². The summed E-state index contributed by atoms with van der Waals surface area (Å²) in [4.78, 5) is 15.4. The number of hydrogen-bond donors (Lipinski definition) is 2. The highest BCUT2D eigenvalue weighted by molar-refractivity contribution is 5.81. The van der Waals surface area contributed by atoms with Crippen molar-refractivity contribution in [3.63, 3.8) is 0 Å². The number of nitrogens with zero attached hydrogens (tertiary/aromatic N) is 2. The summed E-state index contributed by atoms with van der Waals surface area (Å²) in [5.41, 5.74) is 5.61. The van der Waals surface area contributed by atoms with Crippen molar-refractivity contribution < 1.29 is 14.4 Å². The maximum Gasteiger partial charge on any atom is 0.360 e. The molecule has 1 aliphatic heterocycles. The van der Waals surface area contributed by atoms with Crippen molar-refractivity contribution in [2.24, 2.45) is 10.7 Å².